The molecule has 1 heterocycles. The maximum Gasteiger partial charge on any atom is 0.124 e. The first-order valence-corrected chi connectivity index (χ1v) is 6.70. The Morgan fingerprint density at radius 1 is 1.39 bits per heavy atom. The molecule has 0 aliphatic rings. The van der Waals surface area contributed by atoms with Crippen LogP contribution in [0.5, 0.6) is 5.75 Å². The number of nitrogens with one attached hydrogen (secondary N) is 1. The van der Waals surface area contributed by atoms with Crippen LogP contribution in [0.3, 0.4) is 0 Å². The van der Waals surface area contributed by atoms with Crippen molar-refractivity contribution in [3.05, 3.63) is 46.2 Å². The second kappa shape index (κ2) is 5.89. The van der Waals surface area contributed by atoms with E-state index < -0.39 is 0 Å². The molecule has 1 aromatic carbocycles. The summed E-state index contributed by atoms with van der Waals surface area (Å²) in [4.78, 5) is 1.29. The Balaban J connectivity index is 2.14. The quantitative estimate of drug-likeness (QED) is 0.868. The summed E-state index contributed by atoms with van der Waals surface area (Å²) < 4.78 is 5.18. The number of ether oxygens (including phenoxy) is 1. The first-order valence-electron chi connectivity index (χ1n) is 5.82. The molecule has 2 N–H and O–H groups in total. The Bertz CT molecular complexity index is 497. The largest absolute Gasteiger partial charge is 0.496 e. The van der Waals surface area contributed by atoms with E-state index in [0.29, 0.717) is 5.75 Å². The lowest BCUT2D eigenvalue weighted by molar-refractivity contribution is 0.274. The number of thiophene rings is 1. The first kappa shape index (κ1) is 12.9. The summed E-state index contributed by atoms with van der Waals surface area (Å²) >= 11 is 1.73. The minimum Gasteiger partial charge on any atom is -0.496 e. The van der Waals surface area contributed by atoms with Crippen molar-refractivity contribution in [2.75, 3.05) is 12.4 Å². The predicted molar refractivity (Wildman–Crippen MR) is 75.3 cm³/mol. The van der Waals surface area contributed by atoms with E-state index in [0.717, 1.165) is 11.3 Å². The average Bonchev–Trinajstić information content (AvgIpc) is 2.92. The van der Waals surface area contributed by atoms with Crippen LogP contribution in [0.2, 0.25) is 0 Å². The minimum absolute atomic E-state index is 0.0217. The van der Waals surface area contributed by atoms with Crippen LogP contribution in [-0.2, 0) is 6.61 Å². The zero-order valence-corrected chi connectivity index (χ0v) is 11.3. The van der Waals surface area contributed by atoms with Crippen molar-refractivity contribution >= 4 is 17.0 Å². The van der Waals surface area contributed by atoms with Gasteiger partial charge in [0.2, 0.25) is 0 Å². The van der Waals surface area contributed by atoms with E-state index in [1.807, 2.05) is 24.3 Å². The zero-order chi connectivity index (χ0) is 13.0. The van der Waals surface area contributed by atoms with Crippen LogP contribution in [0.15, 0.2) is 35.7 Å². The highest BCUT2D eigenvalue weighted by molar-refractivity contribution is 7.10. The Labute approximate surface area is 111 Å². The fraction of sp³-hybridized carbons (Fsp3) is 0.286. The van der Waals surface area contributed by atoms with Crippen LogP contribution >= 0.6 is 11.3 Å². The van der Waals surface area contributed by atoms with Gasteiger partial charge in [0.15, 0.2) is 0 Å². The van der Waals surface area contributed by atoms with Crippen LogP contribution in [0.4, 0.5) is 5.69 Å². The highest BCUT2D eigenvalue weighted by Crippen LogP contribution is 2.27. The molecule has 96 valence electrons. The van der Waals surface area contributed by atoms with Crippen LogP contribution in [0, 0.1) is 0 Å². The molecule has 1 unspecified atom stereocenters. The summed E-state index contributed by atoms with van der Waals surface area (Å²) in [6.07, 6.45) is 0. The number of aliphatic hydroxyl groups excluding tert-OH is 1. The Morgan fingerprint density at radius 3 is 2.83 bits per heavy atom. The summed E-state index contributed by atoms with van der Waals surface area (Å²) in [7, 11) is 1.61. The predicted octanol–water partition coefficient (Wildman–Crippen LogP) is 3.42. The molecule has 0 spiro atoms. The number of aliphatic hydroxyl groups is 1. The Morgan fingerprint density at radius 2 is 2.22 bits per heavy atom. The van der Waals surface area contributed by atoms with Gasteiger partial charge in [-0.3, -0.25) is 0 Å². The number of anilines is 1. The second-order valence-corrected chi connectivity index (χ2v) is 5.05. The summed E-state index contributed by atoms with van der Waals surface area (Å²) in [5.41, 5.74) is 1.78. The molecule has 0 aliphatic carbocycles. The number of hydrogen-bond donors (Lipinski definition) is 2. The fourth-order valence-electron chi connectivity index (χ4n) is 1.85. The summed E-state index contributed by atoms with van der Waals surface area (Å²) in [5, 5.41) is 14.8. The van der Waals surface area contributed by atoms with Crippen LogP contribution < -0.4 is 10.1 Å². The van der Waals surface area contributed by atoms with Crippen LogP contribution in [0.1, 0.15) is 23.4 Å². The van der Waals surface area contributed by atoms with E-state index in [4.69, 9.17) is 4.74 Å². The van der Waals surface area contributed by atoms with Crippen molar-refractivity contribution in [2.24, 2.45) is 0 Å². The molecule has 0 saturated carbocycles. The molecule has 3 nitrogen and oxygen atoms in total. The van der Waals surface area contributed by atoms with Crippen LogP contribution in [-0.4, -0.2) is 12.2 Å². The van der Waals surface area contributed by atoms with Gasteiger partial charge in [-0.15, -0.1) is 11.3 Å². The lowest BCUT2D eigenvalue weighted by atomic mass is 10.1. The van der Waals surface area contributed by atoms with E-state index in [9.17, 15) is 5.11 Å². The molecule has 4 heteroatoms. The zero-order valence-electron chi connectivity index (χ0n) is 10.5. The topological polar surface area (TPSA) is 41.5 Å². The van der Waals surface area contributed by atoms with Gasteiger partial charge in [-0.1, -0.05) is 6.07 Å². The van der Waals surface area contributed by atoms with E-state index >= 15 is 0 Å². The highest BCUT2D eigenvalue weighted by Gasteiger charge is 2.08. The molecular weight excluding hydrogens is 246 g/mol. The molecular formula is C14H17NO2S. The molecule has 0 amide bonds. The van der Waals surface area contributed by atoms with E-state index in [1.54, 1.807) is 18.4 Å². The molecule has 2 rings (SSSR count). The lowest BCUT2D eigenvalue weighted by Crippen LogP contribution is -2.05. The minimum atomic E-state index is -0.0217. The molecule has 18 heavy (non-hydrogen) atoms. The third kappa shape index (κ3) is 2.83. The molecule has 0 radical (unpaired) electrons. The molecule has 1 aromatic heterocycles. The Kier molecular flexibility index (Phi) is 4.23. The summed E-state index contributed by atoms with van der Waals surface area (Å²) in [6.45, 7) is 2.10. The van der Waals surface area contributed by atoms with Gasteiger partial charge in [0.05, 0.1) is 19.8 Å². The molecule has 0 aliphatic heterocycles. The molecule has 0 fully saturated rings. The van der Waals surface area contributed by atoms with Gasteiger partial charge in [-0.25, -0.2) is 0 Å². The van der Waals surface area contributed by atoms with Crippen molar-refractivity contribution < 1.29 is 9.84 Å². The van der Waals surface area contributed by atoms with Gasteiger partial charge in [0.25, 0.3) is 0 Å². The average molecular weight is 263 g/mol. The van der Waals surface area contributed by atoms with Gasteiger partial charge >= 0.3 is 0 Å². The van der Waals surface area contributed by atoms with Crippen molar-refractivity contribution in [3.63, 3.8) is 0 Å². The van der Waals surface area contributed by atoms with Crippen molar-refractivity contribution in [1.82, 2.24) is 0 Å². The molecule has 2 aromatic rings. The van der Waals surface area contributed by atoms with Gasteiger partial charge in [-0.2, -0.15) is 0 Å². The van der Waals surface area contributed by atoms with Gasteiger partial charge in [0.1, 0.15) is 5.75 Å². The highest BCUT2D eigenvalue weighted by atomic mass is 32.1. The molecule has 1 atom stereocenters. The van der Waals surface area contributed by atoms with E-state index in [1.165, 1.54) is 4.88 Å². The normalized spacial score (nSPS) is 12.2. The molecule has 0 bridgehead atoms. The van der Waals surface area contributed by atoms with Crippen LogP contribution in [0.25, 0.3) is 0 Å². The third-order valence-corrected chi connectivity index (χ3v) is 3.86. The van der Waals surface area contributed by atoms with Gasteiger partial charge in [0, 0.05) is 16.1 Å². The summed E-state index contributed by atoms with van der Waals surface area (Å²) in [5.74, 6) is 0.715. The summed E-state index contributed by atoms with van der Waals surface area (Å²) in [6, 6.07) is 10.2. The van der Waals surface area contributed by atoms with Gasteiger partial charge < -0.3 is 15.2 Å². The maximum absolute atomic E-state index is 9.29. The Hall–Kier alpha value is -1.52. The maximum atomic E-state index is 9.29. The SMILES string of the molecule is COc1ccc(NC(C)c2cccs2)cc1CO. The number of hydrogen-bond acceptors (Lipinski definition) is 4. The van der Waals surface area contributed by atoms with Crippen molar-refractivity contribution in [1.29, 1.82) is 0 Å². The smallest absolute Gasteiger partial charge is 0.124 e. The van der Waals surface area contributed by atoms with Crippen molar-refractivity contribution in [2.45, 2.75) is 19.6 Å². The van der Waals surface area contributed by atoms with E-state index in [-0.39, 0.29) is 12.6 Å². The number of rotatable bonds is 5. The number of methoxy groups -OCH3 is 1. The number of benzene rings is 1. The van der Waals surface area contributed by atoms with Gasteiger partial charge in [-0.05, 0) is 36.6 Å². The standard InChI is InChI=1S/C14H17NO2S/c1-10(14-4-3-7-18-14)15-12-5-6-13(17-2)11(8-12)9-16/h3-8,10,15-16H,9H2,1-2H3. The monoisotopic (exact) mass is 263 g/mol. The fourth-order valence-corrected chi connectivity index (χ4v) is 2.59. The van der Waals surface area contributed by atoms with E-state index in [2.05, 4.69) is 23.7 Å². The lowest BCUT2D eigenvalue weighted by Gasteiger charge is -2.15. The second-order valence-electron chi connectivity index (χ2n) is 4.07. The first-order chi connectivity index (χ1) is 8.74. The third-order valence-electron chi connectivity index (χ3n) is 2.80. The van der Waals surface area contributed by atoms with Crippen molar-refractivity contribution in [3.8, 4) is 5.75 Å². The molecule has 0 saturated heterocycles.